The first-order valence-corrected chi connectivity index (χ1v) is 5.90. The maximum atomic E-state index is 11.1. The largest absolute Gasteiger partial charge is 0.463 e. The molecule has 0 bridgehead atoms. The highest BCUT2D eigenvalue weighted by atomic mass is 16.6. The summed E-state index contributed by atoms with van der Waals surface area (Å²) >= 11 is 0. The number of fused-ring (bicyclic) bond motifs is 1. The summed E-state index contributed by atoms with van der Waals surface area (Å²) in [5.41, 5.74) is -1.60. The molecule has 1 aliphatic heterocycles. The summed E-state index contributed by atoms with van der Waals surface area (Å²) in [5, 5.41) is 20.1. The molecular weight excluding hydrogens is 256 g/mol. The van der Waals surface area contributed by atoms with Crippen LogP contribution in [0.1, 0.15) is 13.8 Å². The van der Waals surface area contributed by atoms with Crippen LogP contribution in [0.3, 0.4) is 0 Å². The van der Waals surface area contributed by atoms with Crippen LogP contribution in [-0.4, -0.2) is 58.8 Å². The quantitative estimate of drug-likeness (QED) is 0.497. The van der Waals surface area contributed by atoms with Gasteiger partial charge in [-0.15, -0.1) is 0 Å². The molecule has 0 aromatic heterocycles. The van der Waals surface area contributed by atoms with Crippen LogP contribution in [0.15, 0.2) is 12.2 Å². The SMILES string of the molecule is CC(=O)OC[C@H]1O[C@@H]2[C@@H](O)C=C[C@]2(O)[C@@H]1OC(C)=O. The van der Waals surface area contributed by atoms with Gasteiger partial charge in [-0.25, -0.2) is 0 Å². The van der Waals surface area contributed by atoms with Crippen LogP contribution in [0.25, 0.3) is 0 Å². The van der Waals surface area contributed by atoms with Crippen molar-refractivity contribution < 1.29 is 34.0 Å². The third kappa shape index (κ3) is 2.49. The summed E-state index contributed by atoms with van der Waals surface area (Å²) in [7, 11) is 0. The van der Waals surface area contributed by atoms with Crippen molar-refractivity contribution in [2.75, 3.05) is 6.61 Å². The number of rotatable bonds is 3. The van der Waals surface area contributed by atoms with Gasteiger partial charge in [0.1, 0.15) is 24.9 Å². The molecule has 0 radical (unpaired) electrons. The van der Waals surface area contributed by atoms with Crippen molar-refractivity contribution >= 4 is 11.9 Å². The van der Waals surface area contributed by atoms with E-state index < -0.39 is 42.0 Å². The Balaban J connectivity index is 2.17. The normalized spacial score (nSPS) is 40.0. The molecule has 0 saturated carbocycles. The van der Waals surface area contributed by atoms with Gasteiger partial charge in [-0.2, -0.15) is 0 Å². The third-order valence-corrected chi connectivity index (χ3v) is 3.18. The Morgan fingerprint density at radius 3 is 2.63 bits per heavy atom. The molecule has 2 N–H and O–H groups in total. The minimum atomic E-state index is -1.60. The summed E-state index contributed by atoms with van der Waals surface area (Å²) < 4.78 is 15.3. The average Bonchev–Trinajstić information content (AvgIpc) is 2.73. The zero-order valence-corrected chi connectivity index (χ0v) is 10.6. The molecule has 1 aliphatic carbocycles. The van der Waals surface area contributed by atoms with E-state index in [1.807, 2.05) is 0 Å². The topological polar surface area (TPSA) is 102 Å². The Bertz CT molecular complexity index is 418. The fraction of sp³-hybridized carbons (Fsp3) is 0.667. The second kappa shape index (κ2) is 4.92. The average molecular weight is 272 g/mol. The highest BCUT2D eigenvalue weighted by molar-refractivity contribution is 5.67. The van der Waals surface area contributed by atoms with E-state index >= 15 is 0 Å². The van der Waals surface area contributed by atoms with Crippen LogP contribution in [-0.2, 0) is 23.8 Å². The smallest absolute Gasteiger partial charge is 0.303 e. The van der Waals surface area contributed by atoms with E-state index in [0.29, 0.717) is 0 Å². The van der Waals surface area contributed by atoms with Gasteiger partial charge in [0.25, 0.3) is 0 Å². The van der Waals surface area contributed by atoms with Gasteiger partial charge < -0.3 is 24.4 Å². The van der Waals surface area contributed by atoms with Crippen molar-refractivity contribution in [2.45, 2.75) is 43.9 Å². The number of ether oxygens (including phenoxy) is 3. The van der Waals surface area contributed by atoms with Gasteiger partial charge in [-0.05, 0) is 6.08 Å². The number of hydrogen-bond donors (Lipinski definition) is 2. The standard InChI is InChI=1S/C12H16O7/c1-6(13)17-5-9-11(18-7(2)14)12(16)4-3-8(15)10(12)19-9/h3-4,8-11,15-16H,5H2,1-2H3/t8-,9+,10+,11+,12+/m0/s1. The maximum Gasteiger partial charge on any atom is 0.303 e. The van der Waals surface area contributed by atoms with E-state index in [2.05, 4.69) is 0 Å². The zero-order valence-electron chi connectivity index (χ0n) is 10.6. The van der Waals surface area contributed by atoms with Crippen molar-refractivity contribution in [3.63, 3.8) is 0 Å². The van der Waals surface area contributed by atoms with Crippen LogP contribution in [0.2, 0.25) is 0 Å². The number of carbonyl (C=O) groups is 2. The summed E-state index contributed by atoms with van der Waals surface area (Å²) in [6, 6.07) is 0. The fourth-order valence-electron chi connectivity index (χ4n) is 2.40. The molecule has 106 valence electrons. The number of esters is 2. The molecule has 2 aliphatic rings. The first-order valence-electron chi connectivity index (χ1n) is 5.90. The Morgan fingerprint density at radius 1 is 1.37 bits per heavy atom. The zero-order chi connectivity index (χ0) is 14.2. The van der Waals surface area contributed by atoms with Crippen LogP contribution in [0, 0.1) is 0 Å². The summed E-state index contributed by atoms with van der Waals surface area (Å²) in [4.78, 5) is 21.9. The lowest BCUT2D eigenvalue weighted by Gasteiger charge is -2.27. The monoisotopic (exact) mass is 272 g/mol. The van der Waals surface area contributed by atoms with Gasteiger partial charge >= 0.3 is 11.9 Å². The van der Waals surface area contributed by atoms with Crippen LogP contribution in [0.4, 0.5) is 0 Å². The fourth-order valence-corrected chi connectivity index (χ4v) is 2.40. The van der Waals surface area contributed by atoms with Crippen molar-refractivity contribution in [3.8, 4) is 0 Å². The van der Waals surface area contributed by atoms with E-state index in [0.717, 1.165) is 0 Å². The highest BCUT2D eigenvalue weighted by Crippen LogP contribution is 2.40. The predicted molar refractivity (Wildman–Crippen MR) is 60.9 cm³/mol. The molecule has 7 nitrogen and oxygen atoms in total. The lowest BCUT2D eigenvalue weighted by Crippen LogP contribution is -2.49. The Kier molecular flexibility index (Phi) is 3.62. The van der Waals surface area contributed by atoms with Gasteiger partial charge in [-0.3, -0.25) is 9.59 Å². The minimum Gasteiger partial charge on any atom is -0.463 e. The molecule has 5 atom stereocenters. The minimum absolute atomic E-state index is 0.160. The molecule has 0 aromatic rings. The molecule has 1 saturated heterocycles. The lowest BCUT2D eigenvalue weighted by atomic mass is 9.93. The first-order chi connectivity index (χ1) is 8.84. The lowest BCUT2D eigenvalue weighted by molar-refractivity contribution is -0.160. The third-order valence-electron chi connectivity index (χ3n) is 3.18. The predicted octanol–water partition coefficient (Wildman–Crippen LogP) is -1.09. The van der Waals surface area contributed by atoms with E-state index in [9.17, 15) is 19.8 Å². The van der Waals surface area contributed by atoms with Crippen molar-refractivity contribution in [1.29, 1.82) is 0 Å². The summed E-state index contributed by atoms with van der Waals surface area (Å²) in [6.45, 7) is 2.28. The molecule has 19 heavy (non-hydrogen) atoms. The first kappa shape index (κ1) is 14.0. The molecule has 0 amide bonds. The van der Waals surface area contributed by atoms with E-state index in [-0.39, 0.29) is 6.61 Å². The molecule has 0 aromatic carbocycles. The Morgan fingerprint density at radius 2 is 2.05 bits per heavy atom. The van der Waals surface area contributed by atoms with Crippen molar-refractivity contribution in [1.82, 2.24) is 0 Å². The number of hydrogen-bond acceptors (Lipinski definition) is 7. The van der Waals surface area contributed by atoms with Crippen molar-refractivity contribution in [3.05, 3.63) is 12.2 Å². The number of aliphatic hydroxyl groups is 2. The molecule has 1 heterocycles. The molecule has 2 rings (SSSR count). The summed E-state index contributed by atoms with van der Waals surface area (Å²) in [5.74, 6) is -1.10. The molecular formula is C12H16O7. The maximum absolute atomic E-state index is 11.1. The molecule has 0 unspecified atom stereocenters. The van der Waals surface area contributed by atoms with Gasteiger partial charge in [0.05, 0.1) is 0 Å². The van der Waals surface area contributed by atoms with Gasteiger partial charge in [0.2, 0.25) is 0 Å². The van der Waals surface area contributed by atoms with Gasteiger partial charge in [-0.1, -0.05) is 6.08 Å². The van der Waals surface area contributed by atoms with E-state index in [1.165, 1.54) is 26.0 Å². The second-order valence-electron chi connectivity index (χ2n) is 4.66. The molecule has 1 fully saturated rings. The number of carbonyl (C=O) groups excluding carboxylic acids is 2. The van der Waals surface area contributed by atoms with E-state index in [1.54, 1.807) is 0 Å². The van der Waals surface area contributed by atoms with Crippen LogP contribution < -0.4 is 0 Å². The number of aliphatic hydroxyl groups excluding tert-OH is 1. The van der Waals surface area contributed by atoms with Crippen LogP contribution >= 0.6 is 0 Å². The van der Waals surface area contributed by atoms with E-state index in [4.69, 9.17) is 14.2 Å². The Hall–Kier alpha value is -1.44. The summed E-state index contributed by atoms with van der Waals surface area (Å²) in [6.07, 6.45) is -1.04. The van der Waals surface area contributed by atoms with Gasteiger partial charge in [0.15, 0.2) is 11.7 Å². The Labute approximate surface area is 109 Å². The second-order valence-corrected chi connectivity index (χ2v) is 4.66. The van der Waals surface area contributed by atoms with Crippen molar-refractivity contribution in [2.24, 2.45) is 0 Å². The van der Waals surface area contributed by atoms with Gasteiger partial charge in [0, 0.05) is 13.8 Å². The highest BCUT2D eigenvalue weighted by Gasteiger charge is 2.61. The molecule has 0 spiro atoms. The van der Waals surface area contributed by atoms with Crippen LogP contribution in [0.5, 0.6) is 0 Å². The molecule has 7 heteroatoms.